The van der Waals surface area contributed by atoms with E-state index < -0.39 is 38.2 Å². The third-order valence-corrected chi connectivity index (χ3v) is 7.23. The molecular weight excluding hydrogens is 406 g/mol. The van der Waals surface area contributed by atoms with Crippen LogP contribution in [-0.4, -0.2) is 44.3 Å². The minimum absolute atomic E-state index is 0.0863. The topological polar surface area (TPSA) is 98.8 Å². The van der Waals surface area contributed by atoms with E-state index in [0.29, 0.717) is 17.6 Å². The van der Waals surface area contributed by atoms with Crippen molar-refractivity contribution in [2.24, 2.45) is 0 Å². The average molecular weight is 432 g/mol. The fourth-order valence-electron chi connectivity index (χ4n) is 3.63. The maximum absolute atomic E-state index is 13.4. The molecule has 0 heterocycles. The van der Waals surface area contributed by atoms with Gasteiger partial charge in [-0.25, -0.2) is 13.2 Å². The molecule has 160 valence electrons. The molecule has 1 aliphatic carbocycles. The first-order valence-electron chi connectivity index (χ1n) is 9.45. The predicted molar refractivity (Wildman–Crippen MR) is 111 cm³/mol. The van der Waals surface area contributed by atoms with Gasteiger partial charge in [0.05, 0.1) is 12.0 Å². The van der Waals surface area contributed by atoms with Crippen LogP contribution in [0.1, 0.15) is 32.3 Å². The summed E-state index contributed by atoms with van der Waals surface area (Å²) < 4.78 is 37.2. The van der Waals surface area contributed by atoms with Crippen molar-refractivity contribution in [1.82, 2.24) is 5.32 Å². The number of sulfone groups is 1. The molecule has 3 unspecified atom stereocenters. The van der Waals surface area contributed by atoms with E-state index in [4.69, 9.17) is 9.47 Å². The van der Waals surface area contributed by atoms with Crippen LogP contribution in [0.4, 0.5) is 4.79 Å². The van der Waals surface area contributed by atoms with Gasteiger partial charge >= 0.3 is 6.09 Å². The Morgan fingerprint density at radius 1 is 1.07 bits per heavy atom. The number of aldehydes is 1. The second-order valence-electron chi connectivity index (χ2n) is 8.21. The number of methoxy groups -OCH3 is 1. The molecular formula is C22H25NO6S. The molecule has 8 heteroatoms. The number of ether oxygens (including phenoxy) is 2. The average Bonchev–Trinajstić information content (AvgIpc) is 3.36. The van der Waals surface area contributed by atoms with Gasteiger partial charge in [-0.1, -0.05) is 30.3 Å². The van der Waals surface area contributed by atoms with Crippen LogP contribution in [0.25, 0.3) is 0 Å². The molecule has 30 heavy (non-hydrogen) atoms. The molecule has 2 aromatic rings. The first-order chi connectivity index (χ1) is 14.0. The maximum Gasteiger partial charge on any atom is 0.408 e. The van der Waals surface area contributed by atoms with Crippen molar-refractivity contribution in [1.29, 1.82) is 0 Å². The molecule has 2 aromatic carbocycles. The number of carbonyl (C=O) groups is 2. The van der Waals surface area contributed by atoms with Gasteiger partial charge in [0, 0.05) is 5.92 Å². The molecule has 1 saturated carbocycles. The minimum Gasteiger partial charge on any atom is -0.497 e. The number of carbonyl (C=O) groups excluding carboxylic acids is 2. The van der Waals surface area contributed by atoms with Gasteiger partial charge in [0.2, 0.25) is 0 Å². The van der Waals surface area contributed by atoms with Crippen molar-refractivity contribution in [3.8, 4) is 5.75 Å². The molecule has 0 saturated heterocycles. The zero-order chi connectivity index (χ0) is 22.2. The highest BCUT2D eigenvalue weighted by Crippen LogP contribution is 2.56. The number of benzene rings is 2. The molecule has 1 amide bonds. The highest BCUT2D eigenvalue weighted by atomic mass is 32.2. The molecule has 0 aromatic heterocycles. The number of amides is 1. The van der Waals surface area contributed by atoms with E-state index in [1.54, 1.807) is 63.2 Å². The standard InChI is InChI=1S/C22H25NO6S/c1-21(2,3)29-20(25)23-22(14-24)18(15-10-12-16(28-4)13-11-15)19(22)30(26,27)17-8-6-5-7-9-17/h5-14,18-19H,1-4H3,(H,23,25). The highest BCUT2D eigenvalue weighted by Gasteiger charge is 2.73. The van der Waals surface area contributed by atoms with Crippen LogP contribution >= 0.6 is 0 Å². The van der Waals surface area contributed by atoms with Crippen molar-refractivity contribution < 1.29 is 27.5 Å². The summed E-state index contributed by atoms with van der Waals surface area (Å²) in [7, 11) is -2.40. The zero-order valence-electron chi connectivity index (χ0n) is 17.3. The Bertz CT molecular complexity index is 1030. The number of hydrogen-bond donors (Lipinski definition) is 1. The van der Waals surface area contributed by atoms with E-state index >= 15 is 0 Å². The second-order valence-corrected chi connectivity index (χ2v) is 10.3. The molecule has 0 aliphatic heterocycles. The van der Waals surface area contributed by atoms with Crippen LogP contribution in [0.15, 0.2) is 59.5 Å². The van der Waals surface area contributed by atoms with Gasteiger partial charge in [0.1, 0.15) is 28.4 Å². The van der Waals surface area contributed by atoms with Crippen LogP contribution in [0.5, 0.6) is 5.75 Å². The second kappa shape index (κ2) is 7.75. The van der Waals surface area contributed by atoms with Crippen molar-refractivity contribution >= 4 is 22.2 Å². The third kappa shape index (κ3) is 4.05. The van der Waals surface area contributed by atoms with E-state index in [1.807, 2.05) is 0 Å². The summed E-state index contributed by atoms with van der Waals surface area (Å²) in [5, 5.41) is 1.38. The minimum atomic E-state index is -3.92. The SMILES string of the molecule is COc1ccc(C2C(S(=O)(=O)c3ccccc3)C2(C=O)NC(=O)OC(C)(C)C)cc1. The van der Waals surface area contributed by atoms with Crippen LogP contribution in [0.2, 0.25) is 0 Å². The van der Waals surface area contributed by atoms with Gasteiger partial charge in [-0.05, 0) is 50.6 Å². The van der Waals surface area contributed by atoms with Crippen LogP contribution < -0.4 is 10.1 Å². The number of nitrogens with one attached hydrogen (secondary N) is 1. The summed E-state index contributed by atoms with van der Waals surface area (Å²) in [5.74, 6) is -0.169. The Balaban J connectivity index is 2.04. The van der Waals surface area contributed by atoms with Crippen molar-refractivity contribution in [3.63, 3.8) is 0 Å². The zero-order valence-corrected chi connectivity index (χ0v) is 18.1. The van der Waals surface area contributed by atoms with Crippen molar-refractivity contribution in [2.75, 3.05) is 7.11 Å². The largest absolute Gasteiger partial charge is 0.497 e. The summed E-state index contributed by atoms with van der Waals surface area (Å²) in [6, 6.07) is 14.6. The quantitative estimate of drug-likeness (QED) is 0.706. The van der Waals surface area contributed by atoms with E-state index in [-0.39, 0.29) is 4.90 Å². The lowest BCUT2D eigenvalue weighted by Gasteiger charge is -2.22. The Labute approximate surface area is 176 Å². The molecule has 0 spiro atoms. The fraction of sp³-hybridized carbons (Fsp3) is 0.364. The summed E-state index contributed by atoms with van der Waals surface area (Å²) in [6.45, 7) is 5.06. The maximum atomic E-state index is 13.4. The third-order valence-electron chi connectivity index (χ3n) is 4.97. The number of hydrogen-bond acceptors (Lipinski definition) is 6. The predicted octanol–water partition coefficient (Wildman–Crippen LogP) is 3.10. The molecule has 7 nitrogen and oxygen atoms in total. The van der Waals surface area contributed by atoms with E-state index in [1.165, 1.54) is 19.2 Å². The van der Waals surface area contributed by atoms with Crippen LogP contribution in [-0.2, 0) is 19.4 Å². The molecule has 0 bridgehead atoms. The van der Waals surface area contributed by atoms with Gasteiger partial charge in [0.15, 0.2) is 9.84 Å². The van der Waals surface area contributed by atoms with Gasteiger partial charge in [-0.15, -0.1) is 0 Å². The normalized spacial score (nSPS) is 23.3. The molecule has 1 aliphatic rings. The lowest BCUT2D eigenvalue weighted by Crippen LogP contribution is -2.45. The Morgan fingerprint density at radius 3 is 2.17 bits per heavy atom. The van der Waals surface area contributed by atoms with Gasteiger partial charge in [0.25, 0.3) is 0 Å². The van der Waals surface area contributed by atoms with Gasteiger partial charge in [-0.3, -0.25) is 0 Å². The van der Waals surface area contributed by atoms with Crippen molar-refractivity contribution in [2.45, 2.75) is 48.0 Å². The van der Waals surface area contributed by atoms with E-state index in [2.05, 4.69) is 5.32 Å². The Kier molecular flexibility index (Phi) is 5.64. The summed E-state index contributed by atoms with van der Waals surface area (Å²) >= 11 is 0. The lowest BCUT2D eigenvalue weighted by molar-refractivity contribution is -0.110. The smallest absolute Gasteiger partial charge is 0.408 e. The lowest BCUT2D eigenvalue weighted by atomic mass is 10.1. The highest BCUT2D eigenvalue weighted by molar-refractivity contribution is 7.92. The molecule has 3 rings (SSSR count). The number of alkyl carbamates (subject to hydrolysis) is 1. The Hall–Kier alpha value is -2.87. The summed E-state index contributed by atoms with van der Waals surface area (Å²) in [6.07, 6.45) is -0.351. The molecule has 3 atom stereocenters. The molecule has 1 fully saturated rings. The summed E-state index contributed by atoms with van der Waals surface area (Å²) in [4.78, 5) is 24.8. The van der Waals surface area contributed by atoms with Crippen LogP contribution in [0.3, 0.4) is 0 Å². The molecule has 0 radical (unpaired) electrons. The fourth-order valence-corrected chi connectivity index (χ4v) is 5.89. The van der Waals surface area contributed by atoms with E-state index in [0.717, 1.165) is 0 Å². The van der Waals surface area contributed by atoms with Crippen molar-refractivity contribution in [3.05, 3.63) is 60.2 Å². The van der Waals surface area contributed by atoms with Gasteiger partial charge in [-0.2, -0.15) is 0 Å². The molecule has 1 N–H and O–H groups in total. The van der Waals surface area contributed by atoms with Crippen LogP contribution in [0, 0.1) is 0 Å². The first-order valence-corrected chi connectivity index (χ1v) is 11.0. The monoisotopic (exact) mass is 431 g/mol. The number of rotatable bonds is 6. The Morgan fingerprint density at radius 2 is 1.67 bits per heavy atom. The van der Waals surface area contributed by atoms with Gasteiger partial charge < -0.3 is 19.6 Å². The van der Waals surface area contributed by atoms with E-state index in [9.17, 15) is 18.0 Å². The first kappa shape index (κ1) is 21.8. The summed E-state index contributed by atoms with van der Waals surface area (Å²) in [5.41, 5.74) is -1.83.